The standard InChI is InChI=1S/C21H25N3O6S/c1-21(2)11-13-15(12-30-21)31-17(16(13)19(26)28-3)22-20(27)24-8-6-23(7-9-24)18(25)14-5-4-10-29-14/h4-5,10H,6-9,11-12H2,1-3H3,(H,22,27). The highest BCUT2D eigenvalue weighted by atomic mass is 32.1. The summed E-state index contributed by atoms with van der Waals surface area (Å²) in [6, 6.07) is 2.98. The quantitative estimate of drug-likeness (QED) is 0.726. The number of ether oxygens (including phenoxy) is 2. The summed E-state index contributed by atoms with van der Waals surface area (Å²) in [5.74, 6) is -0.374. The van der Waals surface area contributed by atoms with Crippen molar-refractivity contribution in [3.05, 3.63) is 40.2 Å². The molecule has 0 bridgehead atoms. The van der Waals surface area contributed by atoms with Gasteiger partial charge in [0, 0.05) is 37.5 Å². The first kappa shape index (κ1) is 21.4. The van der Waals surface area contributed by atoms with E-state index in [2.05, 4.69) is 5.32 Å². The molecule has 0 saturated carbocycles. The van der Waals surface area contributed by atoms with Crippen LogP contribution in [-0.4, -0.2) is 66.6 Å². The van der Waals surface area contributed by atoms with Crippen LogP contribution in [0.3, 0.4) is 0 Å². The molecule has 0 radical (unpaired) electrons. The van der Waals surface area contributed by atoms with Gasteiger partial charge in [-0.2, -0.15) is 0 Å². The summed E-state index contributed by atoms with van der Waals surface area (Å²) >= 11 is 1.34. The normalized spacial score (nSPS) is 17.8. The molecule has 1 fully saturated rings. The van der Waals surface area contributed by atoms with Crippen molar-refractivity contribution >= 4 is 34.2 Å². The Bertz CT molecular complexity index is 989. The molecule has 1 N–H and O–H groups in total. The lowest BCUT2D eigenvalue weighted by Gasteiger charge is -2.34. The predicted octanol–water partition coefficient (Wildman–Crippen LogP) is 2.97. The Morgan fingerprint density at radius 1 is 1.16 bits per heavy atom. The van der Waals surface area contributed by atoms with Crippen LogP contribution in [0.15, 0.2) is 22.8 Å². The van der Waals surface area contributed by atoms with E-state index in [1.165, 1.54) is 24.7 Å². The molecule has 0 atom stereocenters. The summed E-state index contributed by atoms with van der Waals surface area (Å²) in [6.45, 7) is 5.90. The minimum Gasteiger partial charge on any atom is -0.465 e. The van der Waals surface area contributed by atoms with E-state index in [1.54, 1.807) is 21.9 Å². The number of furan rings is 1. The van der Waals surface area contributed by atoms with Crippen LogP contribution in [0.5, 0.6) is 0 Å². The van der Waals surface area contributed by atoms with E-state index in [0.29, 0.717) is 49.8 Å². The van der Waals surface area contributed by atoms with Crippen molar-refractivity contribution in [3.8, 4) is 0 Å². The molecule has 0 unspecified atom stereocenters. The Hall–Kier alpha value is -2.85. The molecule has 31 heavy (non-hydrogen) atoms. The average Bonchev–Trinajstić information content (AvgIpc) is 3.40. The molecule has 2 aliphatic rings. The van der Waals surface area contributed by atoms with Crippen LogP contribution < -0.4 is 5.32 Å². The number of nitrogens with one attached hydrogen (secondary N) is 1. The summed E-state index contributed by atoms with van der Waals surface area (Å²) in [4.78, 5) is 42.0. The fraction of sp³-hybridized carbons (Fsp3) is 0.476. The second-order valence-electron chi connectivity index (χ2n) is 8.11. The number of thiophene rings is 1. The number of hydrogen-bond donors (Lipinski definition) is 1. The van der Waals surface area contributed by atoms with Gasteiger partial charge in [0.1, 0.15) is 5.00 Å². The number of methoxy groups -OCH3 is 1. The van der Waals surface area contributed by atoms with E-state index in [0.717, 1.165) is 10.4 Å². The van der Waals surface area contributed by atoms with Gasteiger partial charge in [-0.3, -0.25) is 10.1 Å². The number of urea groups is 1. The van der Waals surface area contributed by atoms with E-state index in [9.17, 15) is 14.4 Å². The molecule has 0 aromatic carbocycles. The van der Waals surface area contributed by atoms with Crippen molar-refractivity contribution in [1.29, 1.82) is 0 Å². The van der Waals surface area contributed by atoms with Gasteiger partial charge >= 0.3 is 12.0 Å². The van der Waals surface area contributed by atoms with Crippen LogP contribution in [-0.2, 0) is 22.5 Å². The molecule has 3 amide bonds. The second kappa shape index (κ2) is 8.35. The van der Waals surface area contributed by atoms with Crippen LogP contribution in [0.1, 0.15) is 45.2 Å². The highest BCUT2D eigenvalue weighted by Gasteiger charge is 2.35. The number of nitrogens with zero attached hydrogens (tertiary/aromatic N) is 2. The van der Waals surface area contributed by atoms with Gasteiger partial charge in [-0.1, -0.05) is 0 Å². The fourth-order valence-electron chi connectivity index (χ4n) is 3.80. The van der Waals surface area contributed by atoms with Crippen LogP contribution in [0.25, 0.3) is 0 Å². The van der Waals surface area contributed by atoms with Crippen molar-refractivity contribution < 1.29 is 28.3 Å². The molecule has 4 heterocycles. The lowest BCUT2D eigenvalue weighted by Crippen LogP contribution is -2.51. The highest BCUT2D eigenvalue weighted by molar-refractivity contribution is 7.17. The van der Waals surface area contributed by atoms with Gasteiger partial charge in [0.2, 0.25) is 0 Å². The molecule has 2 aromatic heterocycles. The Morgan fingerprint density at radius 2 is 1.87 bits per heavy atom. The second-order valence-corrected chi connectivity index (χ2v) is 9.22. The number of hydrogen-bond acceptors (Lipinski definition) is 7. The lowest BCUT2D eigenvalue weighted by atomic mass is 9.93. The molecule has 2 aliphatic heterocycles. The zero-order valence-corrected chi connectivity index (χ0v) is 18.5. The first-order chi connectivity index (χ1) is 14.8. The van der Waals surface area contributed by atoms with Crippen molar-refractivity contribution in [3.63, 3.8) is 0 Å². The number of carbonyl (C=O) groups is 3. The monoisotopic (exact) mass is 447 g/mol. The third-order valence-corrected chi connectivity index (χ3v) is 6.60. The summed E-state index contributed by atoms with van der Waals surface area (Å²) in [5, 5.41) is 3.35. The zero-order valence-electron chi connectivity index (χ0n) is 17.7. The number of anilines is 1. The number of piperazine rings is 1. The highest BCUT2D eigenvalue weighted by Crippen LogP contribution is 2.40. The van der Waals surface area contributed by atoms with Crippen LogP contribution in [0.4, 0.5) is 9.80 Å². The molecule has 0 aliphatic carbocycles. The fourth-order valence-corrected chi connectivity index (χ4v) is 4.91. The third-order valence-electron chi connectivity index (χ3n) is 5.48. The van der Waals surface area contributed by atoms with Crippen molar-refractivity contribution in [2.24, 2.45) is 0 Å². The summed E-state index contributed by atoms with van der Waals surface area (Å²) in [6.07, 6.45) is 2.02. The van der Waals surface area contributed by atoms with Gasteiger partial charge in [0.25, 0.3) is 5.91 Å². The summed E-state index contributed by atoms with van der Waals surface area (Å²) in [7, 11) is 1.33. The van der Waals surface area contributed by atoms with E-state index in [-0.39, 0.29) is 17.7 Å². The van der Waals surface area contributed by atoms with E-state index >= 15 is 0 Å². The first-order valence-electron chi connectivity index (χ1n) is 10.0. The maximum atomic E-state index is 12.9. The maximum absolute atomic E-state index is 12.9. The largest absolute Gasteiger partial charge is 0.465 e. The molecule has 2 aromatic rings. The molecular formula is C21H25N3O6S. The number of fused-ring (bicyclic) bond motifs is 1. The van der Waals surface area contributed by atoms with Crippen molar-refractivity contribution in [2.75, 3.05) is 38.6 Å². The first-order valence-corrected chi connectivity index (χ1v) is 10.9. The molecule has 166 valence electrons. The SMILES string of the molecule is COC(=O)c1c(NC(=O)N2CCN(C(=O)c3ccco3)CC2)sc2c1CC(C)(C)OC2. The lowest BCUT2D eigenvalue weighted by molar-refractivity contribution is -0.0384. The van der Waals surface area contributed by atoms with Crippen LogP contribution in [0.2, 0.25) is 0 Å². The Morgan fingerprint density at radius 3 is 2.52 bits per heavy atom. The molecule has 10 heteroatoms. The van der Waals surface area contributed by atoms with Crippen molar-refractivity contribution in [2.45, 2.75) is 32.5 Å². The number of carbonyl (C=O) groups excluding carboxylic acids is 3. The van der Waals surface area contributed by atoms with Gasteiger partial charge in [-0.25, -0.2) is 9.59 Å². The Labute approximate surface area is 183 Å². The van der Waals surface area contributed by atoms with Gasteiger partial charge in [0.05, 0.1) is 31.1 Å². The molecule has 0 spiro atoms. The Kier molecular flexibility index (Phi) is 5.76. The van der Waals surface area contributed by atoms with Gasteiger partial charge in [-0.15, -0.1) is 11.3 Å². The molecule has 4 rings (SSSR count). The topological polar surface area (TPSA) is 101 Å². The predicted molar refractivity (Wildman–Crippen MR) is 113 cm³/mol. The molecular weight excluding hydrogens is 422 g/mol. The Balaban J connectivity index is 1.45. The van der Waals surface area contributed by atoms with Crippen molar-refractivity contribution in [1.82, 2.24) is 9.80 Å². The number of esters is 1. The van der Waals surface area contributed by atoms with Gasteiger partial charge in [0.15, 0.2) is 5.76 Å². The third kappa shape index (κ3) is 4.31. The zero-order chi connectivity index (χ0) is 22.2. The molecule has 1 saturated heterocycles. The van der Waals surface area contributed by atoms with E-state index in [1.807, 2.05) is 13.8 Å². The minimum atomic E-state index is -0.473. The van der Waals surface area contributed by atoms with Gasteiger partial charge in [-0.05, 0) is 31.5 Å². The average molecular weight is 448 g/mol. The summed E-state index contributed by atoms with van der Waals surface area (Å²) in [5.41, 5.74) is 0.880. The summed E-state index contributed by atoms with van der Waals surface area (Å²) < 4.78 is 16.0. The van der Waals surface area contributed by atoms with E-state index in [4.69, 9.17) is 13.9 Å². The smallest absolute Gasteiger partial charge is 0.341 e. The number of amides is 3. The number of rotatable bonds is 3. The van der Waals surface area contributed by atoms with Gasteiger partial charge < -0.3 is 23.7 Å². The van der Waals surface area contributed by atoms with E-state index < -0.39 is 11.6 Å². The van der Waals surface area contributed by atoms with Crippen LogP contribution in [0, 0.1) is 0 Å². The van der Waals surface area contributed by atoms with Crippen LogP contribution >= 0.6 is 11.3 Å². The molecule has 9 nitrogen and oxygen atoms in total. The maximum Gasteiger partial charge on any atom is 0.341 e. The minimum absolute atomic E-state index is 0.188.